The second-order valence-electron chi connectivity index (χ2n) is 4.44. The molecule has 0 radical (unpaired) electrons. The molecule has 0 aromatic heterocycles. The number of hydrogen-bond acceptors (Lipinski definition) is 5. The summed E-state index contributed by atoms with van der Waals surface area (Å²) >= 11 is 0. The van der Waals surface area contributed by atoms with Crippen molar-refractivity contribution in [3.05, 3.63) is 17.7 Å². The van der Waals surface area contributed by atoms with Gasteiger partial charge < -0.3 is 24.6 Å². The van der Waals surface area contributed by atoms with Gasteiger partial charge in [0.2, 0.25) is 0 Å². The van der Waals surface area contributed by atoms with E-state index in [9.17, 15) is 0 Å². The van der Waals surface area contributed by atoms with Gasteiger partial charge in [0, 0.05) is 31.3 Å². The van der Waals surface area contributed by atoms with Crippen LogP contribution in [0.1, 0.15) is 12.5 Å². The third kappa shape index (κ3) is 4.29. The Hall–Kier alpha value is -1.46. The van der Waals surface area contributed by atoms with Crippen LogP contribution in [0.3, 0.4) is 0 Å². The van der Waals surface area contributed by atoms with Gasteiger partial charge in [-0.05, 0) is 12.0 Å². The minimum absolute atomic E-state index is 0.177. The highest BCUT2D eigenvalue weighted by molar-refractivity contribution is 5.50. The van der Waals surface area contributed by atoms with Crippen molar-refractivity contribution < 1.29 is 19.3 Å². The first-order valence-electron chi connectivity index (χ1n) is 6.26. The van der Waals surface area contributed by atoms with Crippen molar-refractivity contribution in [1.82, 2.24) is 5.32 Å². The Morgan fingerprint density at radius 1 is 1.05 bits per heavy atom. The maximum absolute atomic E-state index is 8.98. The topological polar surface area (TPSA) is 60.0 Å². The summed E-state index contributed by atoms with van der Waals surface area (Å²) in [6, 6.07) is 3.71. The van der Waals surface area contributed by atoms with Crippen molar-refractivity contribution in [3.63, 3.8) is 0 Å². The number of aliphatic hydroxyl groups is 1. The van der Waals surface area contributed by atoms with Crippen LogP contribution >= 0.6 is 0 Å². The van der Waals surface area contributed by atoms with Gasteiger partial charge in [0.05, 0.1) is 21.3 Å². The van der Waals surface area contributed by atoms with E-state index in [1.165, 1.54) is 0 Å². The molecule has 0 aliphatic carbocycles. The predicted octanol–water partition coefficient (Wildman–Crippen LogP) is 1.43. The van der Waals surface area contributed by atoms with E-state index in [0.717, 1.165) is 17.9 Å². The number of nitrogens with one attached hydrogen (secondary N) is 1. The summed E-state index contributed by atoms with van der Waals surface area (Å²) < 4.78 is 15.9. The SMILES string of the molecule is COc1cc(OC)c(OC)cc1CNCC(C)CO. The Balaban J connectivity index is 2.80. The highest BCUT2D eigenvalue weighted by Gasteiger charge is 2.11. The van der Waals surface area contributed by atoms with Crippen molar-refractivity contribution in [3.8, 4) is 17.2 Å². The maximum Gasteiger partial charge on any atom is 0.164 e. The van der Waals surface area contributed by atoms with E-state index in [4.69, 9.17) is 19.3 Å². The molecule has 108 valence electrons. The Morgan fingerprint density at radius 3 is 2.16 bits per heavy atom. The lowest BCUT2D eigenvalue weighted by Gasteiger charge is -2.15. The van der Waals surface area contributed by atoms with Gasteiger partial charge in [0.1, 0.15) is 5.75 Å². The van der Waals surface area contributed by atoms with Gasteiger partial charge in [0.15, 0.2) is 11.5 Å². The molecule has 1 rings (SSSR count). The van der Waals surface area contributed by atoms with Crippen LogP contribution in [0.25, 0.3) is 0 Å². The van der Waals surface area contributed by atoms with Gasteiger partial charge in [0.25, 0.3) is 0 Å². The van der Waals surface area contributed by atoms with E-state index in [1.54, 1.807) is 21.3 Å². The van der Waals surface area contributed by atoms with Crippen LogP contribution in [-0.2, 0) is 6.54 Å². The second-order valence-corrected chi connectivity index (χ2v) is 4.44. The molecule has 0 heterocycles. The zero-order valence-electron chi connectivity index (χ0n) is 12.0. The van der Waals surface area contributed by atoms with E-state index in [1.807, 2.05) is 19.1 Å². The average Bonchev–Trinajstić information content (AvgIpc) is 2.46. The summed E-state index contributed by atoms with van der Waals surface area (Å²) in [5.74, 6) is 2.30. The summed E-state index contributed by atoms with van der Waals surface area (Å²) in [5, 5.41) is 12.3. The summed E-state index contributed by atoms with van der Waals surface area (Å²) in [6.45, 7) is 3.55. The fourth-order valence-electron chi connectivity index (χ4n) is 1.75. The third-order valence-corrected chi connectivity index (χ3v) is 2.91. The number of aliphatic hydroxyl groups excluding tert-OH is 1. The fraction of sp³-hybridized carbons (Fsp3) is 0.571. The van der Waals surface area contributed by atoms with Crippen LogP contribution in [0, 0.1) is 5.92 Å². The molecule has 0 saturated carbocycles. The van der Waals surface area contributed by atoms with E-state index in [0.29, 0.717) is 18.0 Å². The molecule has 0 aliphatic heterocycles. The number of benzene rings is 1. The lowest BCUT2D eigenvalue weighted by molar-refractivity contribution is 0.233. The summed E-state index contributed by atoms with van der Waals surface area (Å²) in [7, 11) is 4.83. The van der Waals surface area contributed by atoms with Gasteiger partial charge in [-0.25, -0.2) is 0 Å². The molecule has 1 aromatic rings. The minimum atomic E-state index is 0.177. The quantitative estimate of drug-likeness (QED) is 0.747. The molecular formula is C14H23NO4. The molecule has 5 nitrogen and oxygen atoms in total. The lowest BCUT2D eigenvalue weighted by Crippen LogP contribution is -2.23. The van der Waals surface area contributed by atoms with E-state index >= 15 is 0 Å². The minimum Gasteiger partial charge on any atom is -0.496 e. The van der Waals surface area contributed by atoms with Gasteiger partial charge >= 0.3 is 0 Å². The van der Waals surface area contributed by atoms with Crippen molar-refractivity contribution in [2.75, 3.05) is 34.5 Å². The number of rotatable bonds is 8. The first-order chi connectivity index (χ1) is 9.15. The highest BCUT2D eigenvalue weighted by atomic mass is 16.5. The second kappa shape index (κ2) is 7.86. The van der Waals surface area contributed by atoms with Crippen molar-refractivity contribution in [1.29, 1.82) is 0 Å². The number of ether oxygens (including phenoxy) is 3. The number of hydrogen-bond donors (Lipinski definition) is 2. The molecular weight excluding hydrogens is 246 g/mol. The molecule has 1 aromatic carbocycles. The standard InChI is InChI=1S/C14H23NO4/c1-10(9-16)7-15-8-11-5-13(18-3)14(19-4)6-12(11)17-2/h5-6,10,15-16H,7-9H2,1-4H3. The van der Waals surface area contributed by atoms with Gasteiger partial charge in [-0.2, -0.15) is 0 Å². The maximum atomic E-state index is 8.98. The van der Waals surface area contributed by atoms with Gasteiger partial charge in [-0.15, -0.1) is 0 Å². The Labute approximate surface area is 114 Å². The third-order valence-electron chi connectivity index (χ3n) is 2.91. The zero-order chi connectivity index (χ0) is 14.3. The van der Waals surface area contributed by atoms with E-state index in [2.05, 4.69) is 5.32 Å². The van der Waals surface area contributed by atoms with Crippen LogP contribution in [0.4, 0.5) is 0 Å². The predicted molar refractivity (Wildman–Crippen MR) is 74.1 cm³/mol. The molecule has 19 heavy (non-hydrogen) atoms. The Kier molecular flexibility index (Phi) is 6.45. The molecule has 0 saturated heterocycles. The van der Waals surface area contributed by atoms with Crippen LogP contribution in [-0.4, -0.2) is 39.6 Å². The zero-order valence-corrected chi connectivity index (χ0v) is 12.0. The lowest BCUT2D eigenvalue weighted by atomic mass is 10.1. The molecule has 0 aliphatic rings. The average molecular weight is 269 g/mol. The molecule has 1 unspecified atom stereocenters. The van der Waals surface area contributed by atoms with Crippen LogP contribution in [0.15, 0.2) is 12.1 Å². The highest BCUT2D eigenvalue weighted by Crippen LogP contribution is 2.34. The van der Waals surface area contributed by atoms with Crippen molar-refractivity contribution >= 4 is 0 Å². The monoisotopic (exact) mass is 269 g/mol. The number of methoxy groups -OCH3 is 3. The van der Waals surface area contributed by atoms with E-state index < -0.39 is 0 Å². The fourth-order valence-corrected chi connectivity index (χ4v) is 1.75. The molecule has 1 atom stereocenters. The Morgan fingerprint density at radius 2 is 1.63 bits per heavy atom. The smallest absolute Gasteiger partial charge is 0.164 e. The normalized spacial score (nSPS) is 12.1. The first kappa shape index (κ1) is 15.6. The summed E-state index contributed by atoms with van der Waals surface area (Å²) in [5.41, 5.74) is 0.991. The summed E-state index contributed by atoms with van der Waals surface area (Å²) in [4.78, 5) is 0. The van der Waals surface area contributed by atoms with Crippen LogP contribution in [0.2, 0.25) is 0 Å². The molecule has 0 amide bonds. The molecule has 5 heteroatoms. The largest absolute Gasteiger partial charge is 0.496 e. The summed E-state index contributed by atoms with van der Waals surface area (Å²) in [6.07, 6.45) is 0. The molecule has 2 N–H and O–H groups in total. The van der Waals surface area contributed by atoms with Crippen LogP contribution in [0.5, 0.6) is 17.2 Å². The van der Waals surface area contributed by atoms with Crippen molar-refractivity contribution in [2.24, 2.45) is 5.92 Å². The van der Waals surface area contributed by atoms with E-state index in [-0.39, 0.29) is 12.5 Å². The Bertz CT molecular complexity index is 395. The van der Waals surface area contributed by atoms with Gasteiger partial charge in [-0.1, -0.05) is 6.92 Å². The molecule has 0 spiro atoms. The van der Waals surface area contributed by atoms with Crippen molar-refractivity contribution in [2.45, 2.75) is 13.5 Å². The van der Waals surface area contributed by atoms with Crippen LogP contribution < -0.4 is 19.5 Å². The molecule has 0 fully saturated rings. The van der Waals surface area contributed by atoms with Gasteiger partial charge in [-0.3, -0.25) is 0 Å². The first-order valence-corrected chi connectivity index (χ1v) is 6.26. The molecule has 0 bridgehead atoms.